The average Bonchev–Trinajstić information content (AvgIpc) is 3.62. The molecule has 1 aliphatic heterocycles. The summed E-state index contributed by atoms with van der Waals surface area (Å²) in [6.45, 7) is 7.49. The molecule has 1 saturated heterocycles. The van der Waals surface area contributed by atoms with Crippen molar-refractivity contribution in [3.05, 3.63) is 53.1 Å². The van der Waals surface area contributed by atoms with E-state index in [9.17, 15) is 14.6 Å². The third-order valence-electron chi connectivity index (χ3n) is 11.4. The molecule has 0 unspecified atom stereocenters. The Morgan fingerprint density at radius 1 is 1.13 bits per heavy atom. The maximum atomic E-state index is 13.5. The van der Waals surface area contributed by atoms with Crippen molar-refractivity contribution < 1.29 is 14.6 Å². The molecule has 0 amide bonds. The van der Waals surface area contributed by atoms with Gasteiger partial charge in [-0.1, -0.05) is 31.3 Å². The molecule has 2 aromatic rings. The van der Waals surface area contributed by atoms with Crippen LogP contribution in [0.3, 0.4) is 0 Å². The molecule has 7 rings (SSSR count). The van der Waals surface area contributed by atoms with Crippen LogP contribution in [0.4, 0.5) is 4.39 Å². The number of aliphatic hydroxyl groups is 2. The van der Waals surface area contributed by atoms with Crippen molar-refractivity contribution in [3.8, 4) is 17.5 Å². The van der Waals surface area contributed by atoms with Crippen LogP contribution in [0.1, 0.15) is 70.1 Å². The first-order chi connectivity index (χ1) is 18.7. The van der Waals surface area contributed by atoms with Crippen LogP contribution in [0, 0.1) is 46.2 Å². The molecule has 5 aliphatic rings. The molecule has 1 aromatic heterocycles. The van der Waals surface area contributed by atoms with E-state index < -0.39 is 17.1 Å². The summed E-state index contributed by atoms with van der Waals surface area (Å²) in [5.74, 6) is 7.32. The number of nitrogens with zero attached hydrogens (tertiary/aromatic N) is 3. The highest BCUT2D eigenvalue weighted by Gasteiger charge is 2.66. The van der Waals surface area contributed by atoms with E-state index in [1.807, 2.05) is 10.9 Å². The third kappa shape index (κ3) is 3.80. The largest absolute Gasteiger partial charge is 0.393 e. The number of hydrogen-bond donors (Lipinski definition) is 2. The van der Waals surface area contributed by atoms with Crippen LogP contribution < -0.4 is 0 Å². The van der Waals surface area contributed by atoms with Gasteiger partial charge < -0.3 is 10.2 Å². The van der Waals surface area contributed by atoms with Gasteiger partial charge in [-0.15, -0.1) is 0 Å². The molecule has 6 heteroatoms. The van der Waals surface area contributed by atoms with Crippen molar-refractivity contribution in [2.24, 2.45) is 28.6 Å². The van der Waals surface area contributed by atoms with E-state index in [-0.39, 0.29) is 17.2 Å². The summed E-state index contributed by atoms with van der Waals surface area (Å²) in [4.78, 5) is 2.38. The van der Waals surface area contributed by atoms with Gasteiger partial charge in [0.1, 0.15) is 11.4 Å². The lowest BCUT2D eigenvalue weighted by Gasteiger charge is -2.60. The van der Waals surface area contributed by atoms with Gasteiger partial charge in [0.15, 0.2) is 0 Å². The minimum absolute atomic E-state index is 0.143. The number of aromatic nitrogens is 2. The summed E-state index contributed by atoms with van der Waals surface area (Å²) in [6.07, 6.45) is 11.4. The number of likely N-dealkylation sites (tertiary alicyclic amines) is 1. The molecule has 5 nitrogen and oxygen atoms in total. The predicted molar refractivity (Wildman–Crippen MR) is 149 cm³/mol. The quantitative estimate of drug-likeness (QED) is 0.538. The van der Waals surface area contributed by atoms with Gasteiger partial charge in [0.25, 0.3) is 0 Å². The summed E-state index contributed by atoms with van der Waals surface area (Å²) in [5.41, 5.74) is 2.94. The Morgan fingerprint density at radius 2 is 1.90 bits per heavy atom. The average molecular weight is 530 g/mol. The van der Waals surface area contributed by atoms with Gasteiger partial charge >= 0.3 is 0 Å². The van der Waals surface area contributed by atoms with E-state index in [0.29, 0.717) is 24.7 Å². The Labute approximate surface area is 231 Å². The maximum Gasteiger partial charge on any atom is 0.131 e. The van der Waals surface area contributed by atoms with Crippen LogP contribution in [0.2, 0.25) is 0 Å². The number of benzene rings is 1. The second-order valence-corrected chi connectivity index (χ2v) is 13.4. The second-order valence-electron chi connectivity index (χ2n) is 13.4. The van der Waals surface area contributed by atoms with Gasteiger partial charge in [-0.25, -0.2) is 9.07 Å². The Bertz CT molecular complexity index is 1370. The summed E-state index contributed by atoms with van der Waals surface area (Å²) in [5, 5.41) is 28.5. The lowest BCUT2D eigenvalue weighted by molar-refractivity contribution is -0.152. The first kappa shape index (κ1) is 25.5. The van der Waals surface area contributed by atoms with Crippen molar-refractivity contribution in [1.29, 1.82) is 0 Å². The minimum atomic E-state index is -1.03. The summed E-state index contributed by atoms with van der Waals surface area (Å²) in [6, 6.07) is 6.49. The fourth-order valence-electron chi connectivity index (χ4n) is 9.42. The van der Waals surface area contributed by atoms with E-state index >= 15 is 0 Å². The fourth-order valence-corrected chi connectivity index (χ4v) is 9.42. The normalized spacial score (nSPS) is 39.2. The van der Waals surface area contributed by atoms with Gasteiger partial charge in [-0.2, -0.15) is 5.10 Å². The van der Waals surface area contributed by atoms with Crippen LogP contribution in [0.15, 0.2) is 36.0 Å². The number of hydrogen-bond acceptors (Lipinski definition) is 4. The number of halogens is 1. The van der Waals surface area contributed by atoms with Crippen molar-refractivity contribution >= 4 is 6.08 Å². The third-order valence-corrected chi connectivity index (χ3v) is 11.4. The summed E-state index contributed by atoms with van der Waals surface area (Å²) in [7, 11) is 0. The van der Waals surface area contributed by atoms with Crippen LogP contribution in [0.5, 0.6) is 0 Å². The Morgan fingerprint density at radius 3 is 2.67 bits per heavy atom. The number of aliphatic hydroxyl groups excluding tert-OH is 1. The van der Waals surface area contributed by atoms with Gasteiger partial charge in [-0.3, -0.25) is 4.90 Å². The molecule has 0 bridgehead atoms. The van der Waals surface area contributed by atoms with Gasteiger partial charge in [0, 0.05) is 5.41 Å². The molecule has 0 spiro atoms. The monoisotopic (exact) mass is 529 g/mol. The predicted octanol–water partition coefficient (Wildman–Crippen LogP) is 4.99. The Balaban J connectivity index is 1.17. The Hall–Kier alpha value is -2.46. The zero-order valence-corrected chi connectivity index (χ0v) is 23.2. The molecule has 2 N–H and O–H groups in total. The smallest absolute Gasteiger partial charge is 0.131 e. The van der Waals surface area contributed by atoms with Gasteiger partial charge in [-0.05, 0) is 124 Å². The SMILES string of the molecule is C[C@]12Cc3cnn(-c4ccc(F)cc4)c3C=C1CC[C@@H]1[C@@H]2[C@@H](O)C[C@@]2(C)[C@H]1CC[C@@]2(O)C#CCN1CCCC1. The molecule has 7 atom stereocenters. The van der Waals surface area contributed by atoms with Crippen molar-refractivity contribution in [2.45, 2.75) is 76.9 Å². The van der Waals surface area contributed by atoms with Crippen molar-refractivity contribution in [1.82, 2.24) is 14.7 Å². The van der Waals surface area contributed by atoms with Crippen LogP contribution in [-0.4, -0.2) is 56.2 Å². The molecule has 206 valence electrons. The topological polar surface area (TPSA) is 61.5 Å². The van der Waals surface area contributed by atoms with E-state index in [1.165, 1.54) is 36.1 Å². The number of fused-ring (bicyclic) bond motifs is 6. The standard InChI is InChI=1S/C33H40FN3O2/c1-31-19-22-21-35-37(25-9-7-24(34)8-10-25)28(22)18-23(31)6-11-26-27-12-14-33(39,13-5-17-36-15-3-4-16-36)32(27,2)20-29(38)30(26)31/h7-10,18,21,26-27,29-30,38-39H,3-4,6,11-12,14-17,19-20H2,1-2H3/t26-,27-,29-,30+,31-,32-,33-/m0/s1. The summed E-state index contributed by atoms with van der Waals surface area (Å²) >= 11 is 0. The molecule has 0 radical (unpaired) electrons. The summed E-state index contributed by atoms with van der Waals surface area (Å²) < 4.78 is 15.5. The van der Waals surface area contributed by atoms with E-state index in [4.69, 9.17) is 0 Å². The molecule has 4 aliphatic carbocycles. The molecule has 3 saturated carbocycles. The molecule has 1 aromatic carbocycles. The molecule has 39 heavy (non-hydrogen) atoms. The fraction of sp³-hybridized carbons (Fsp3) is 0.606. The number of rotatable bonds is 2. The second kappa shape index (κ2) is 9.03. The van der Waals surface area contributed by atoms with Crippen molar-refractivity contribution in [2.75, 3.05) is 19.6 Å². The van der Waals surface area contributed by atoms with Crippen LogP contribution in [-0.2, 0) is 6.42 Å². The van der Waals surface area contributed by atoms with E-state index in [1.54, 1.807) is 12.1 Å². The highest BCUT2D eigenvalue weighted by Crippen LogP contribution is 2.67. The highest BCUT2D eigenvalue weighted by atomic mass is 19.1. The van der Waals surface area contributed by atoms with Crippen LogP contribution >= 0.6 is 0 Å². The maximum absolute atomic E-state index is 13.5. The molecular weight excluding hydrogens is 489 g/mol. The zero-order chi connectivity index (χ0) is 27.0. The zero-order valence-electron chi connectivity index (χ0n) is 23.2. The molecule has 4 fully saturated rings. The first-order valence-electron chi connectivity index (χ1n) is 14.9. The van der Waals surface area contributed by atoms with Gasteiger partial charge in [0.05, 0.1) is 30.2 Å². The molecular formula is C33H40FN3O2. The molecule has 2 heterocycles. The lowest BCUT2D eigenvalue weighted by Crippen LogP contribution is -2.59. The van der Waals surface area contributed by atoms with E-state index in [2.05, 4.69) is 41.8 Å². The van der Waals surface area contributed by atoms with E-state index in [0.717, 1.165) is 56.7 Å². The van der Waals surface area contributed by atoms with Gasteiger partial charge in [0.2, 0.25) is 0 Å². The lowest BCUT2D eigenvalue weighted by atomic mass is 9.45. The van der Waals surface area contributed by atoms with Crippen molar-refractivity contribution in [3.63, 3.8) is 0 Å². The Kier molecular flexibility index (Phi) is 5.90. The number of allylic oxidation sites excluding steroid dienone is 1. The highest BCUT2D eigenvalue weighted by molar-refractivity contribution is 5.61. The minimum Gasteiger partial charge on any atom is -0.393 e. The van der Waals surface area contributed by atoms with Crippen LogP contribution in [0.25, 0.3) is 11.8 Å². The first-order valence-corrected chi connectivity index (χ1v) is 14.9.